The number of carbonyl (C=O) groups is 1. The third-order valence-corrected chi connectivity index (χ3v) is 3.67. The molecule has 0 bridgehead atoms. The van der Waals surface area contributed by atoms with Crippen molar-refractivity contribution < 1.29 is 4.79 Å². The van der Waals surface area contributed by atoms with Crippen LogP contribution < -0.4 is 5.32 Å². The molecule has 0 atom stereocenters. The first kappa shape index (κ1) is 10.3. The van der Waals surface area contributed by atoms with E-state index in [0.717, 1.165) is 30.6 Å². The summed E-state index contributed by atoms with van der Waals surface area (Å²) in [5, 5.41) is 7.17. The van der Waals surface area contributed by atoms with Gasteiger partial charge in [-0.25, -0.2) is 4.52 Å². The van der Waals surface area contributed by atoms with Crippen LogP contribution in [-0.4, -0.2) is 15.5 Å². The van der Waals surface area contributed by atoms with E-state index in [9.17, 15) is 4.79 Å². The van der Waals surface area contributed by atoms with Crippen LogP contribution in [0.4, 0.5) is 5.82 Å². The zero-order valence-corrected chi connectivity index (χ0v) is 9.81. The maximum absolute atomic E-state index is 12.1. The van der Waals surface area contributed by atoms with Crippen LogP contribution in [0.15, 0.2) is 30.5 Å². The summed E-state index contributed by atoms with van der Waals surface area (Å²) in [5.41, 5.74) is 0.802. The Balaban J connectivity index is 1.90. The Kier molecular flexibility index (Phi) is 2.18. The van der Waals surface area contributed by atoms with Crippen LogP contribution in [0.25, 0.3) is 5.52 Å². The number of nitrogens with one attached hydrogen (secondary N) is 1. The molecule has 88 valence electrons. The molecule has 1 N–H and O–H groups in total. The van der Waals surface area contributed by atoms with Crippen molar-refractivity contribution in [1.29, 1.82) is 0 Å². The lowest BCUT2D eigenvalue weighted by atomic mass is 9.70. The van der Waals surface area contributed by atoms with E-state index in [1.54, 1.807) is 10.7 Å². The van der Waals surface area contributed by atoms with Gasteiger partial charge in [-0.3, -0.25) is 4.79 Å². The summed E-state index contributed by atoms with van der Waals surface area (Å²) in [6, 6.07) is 7.68. The number of amides is 1. The second-order valence-electron chi connectivity index (χ2n) is 4.95. The minimum atomic E-state index is -0.185. The minimum absolute atomic E-state index is 0.103. The average Bonchev–Trinajstić information content (AvgIpc) is 2.75. The van der Waals surface area contributed by atoms with Crippen LogP contribution in [-0.2, 0) is 4.79 Å². The normalized spacial score (nSPS) is 17.7. The van der Waals surface area contributed by atoms with Crippen molar-refractivity contribution in [1.82, 2.24) is 9.61 Å². The summed E-state index contributed by atoms with van der Waals surface area (Å²) in [7, 11) is 0. The second kappa shape index (κ2) is 3.58. The number of carbonyl (C=O) groups excluding carboxylic acids is 1. The van der Waals surface area contributed by atoms with E-state index >= 15 is 0 Å². The lowest BCUT2D eigenvalue weighted by Gasteiger charge is -2.36. The molecule has 4 heteroatoms. The molecule has 0 aromatic carbocycles. The molecule has 0 saturated heterocycles. The monoisotopic (exact) mass is 229 g/mol. The highest BCUT2D eigenvalue weighted by Gasteiger charge is 2.39. The topological polar surface area (TPSA) is 46.4 Å². The van der Waals surface area contributed by atoms with Crippen molar-refractivity contribution in [2.75, 3.05) is 5.32 Å². The molecule has 2 aromatic rings. The van der Waals surface area contributed by atoms with Gasteiger partial charge in [0.15, 0.2) is 0 Å². The molecule has 0 radical (unpaired) electrons. The SMILES string of the molecule is CC1(C(=O)Nc2cccc3ccnn23)CCC1. The number of hydrogen-bond donors (Lipinski definition) is 1. The molecule has 0 spiro atoms. The summed E-state index contributed by atoms with van der Waals surface area (Å²) in [5.74, 6) is 0.845. The van der Waals surface area contributed by atoms with E-state index in [1.807, 2.05) is 31.2 Å². The van der Waals surface area contributed by atoms with Crippen molar-refractivity contribution in [2.24, 2.45) is 5.41 Å². The van der Waals surface area contributed by atoms with Crippen LogP contribution in [0.3, 0.4) is 0 Å². The lowest BCUT2D eigenvalue weighted by Crippen LogP contribution is -2.39. The van der Waals surface area contributed by atoms with Crippen LogP contribution in [0.5, 0.6) is 0 Å². The van der Waals surface area contributed by atoms with E-state index in [1.165, 1.54) is 0 Å². The number of anilines is 1. The number of nitrogens with zero attached hydrogens (tertiary/aromatic N) is 2. The van der Waals surface area contributed by atoms with Crippen LogP contribution >= 0.6 is 0 Å². The molecule has 2 aromatic heterocycles. The lowest BCUT2D eigenvalue weighted by molar-refractivity contribution is -0.128. The van der Waals surface area contributed by atoms with Crippen molar-refractivity contribution in [3.8, 4) is 0 Å². The maximum atomic E-state index is 12.1. The van der Waals surface area contributed by atoms with Crippen molar-refractivity contribution in [3.05, 3.63) is 30.5 Å². The molecular weight excluding hydrogens is 214 g/mol. The number of hydrogen-bond acceptors (Lipinski definition) is 2. The molecule has 1 fully saturated rings. The van der Waals surface area contributed by atoms with E-state index in [2.05, 4.69) is 10.4 Å². The van der Waals surface area contributed by atoms with Crippen LogP contribution in [0.1, 0.15) is 26.2 Å². The molecule has 17 heavy (non-hydrogen) atoms. The Morgan fingerprint density at radius 3 is 2.94 bits per heavy atom. The maximum Gasteiger partial charge on any atom is 0.231 e. The Labute approximate surface area is 99.6 Å². The van der Waals surface area contributed by atoms with Gasteiger partial charge in [0.2, 0.25) is 5.91 Å². The molecule has 3 rings (SSSR count). The van der Waals surface area contributed by atoms with Crippen LogP contribution in [0.2, 0.25) is 0 Å². The Bertz CT molecular complexity index is 569. The van der Waals surface area contributed by atoms with E-state index in [-0.39, 0.29) is 11.3 Å². The zero-order valence-electron chi connectivity index (χ0n) is 9.81. The fourth-order valence-corrected chi connectivity index (χ4v) is 2.25. The first-order chi connectivity index (χ1) is 8.19. The van der Waals surface area contributed by atoms with Crippen molar-refractivity contribution >= 4 is 17.2 Å². The number of aromatic nitrogens is 2. The highest BCUT2D eigenvalue weighted by molar-refractivity contribution is 5.95. The molecule has 1 aliphatic carbocycles. The van der Waals surface area contributed by atoms with E-state index in [0.29, 0.717) is 0 Å². The largest absolute Gasteiger partial charge is 0.310 e. The Morgan fingerprint density at radius 2 is 2.24 bits per heavy atom. The molecular formula is C13H15N3O. The van der Waals surface area contributed by atoms with Crippen molar-refractivity contribution in [3.63, 3.8) is 0 Å². The van der Waals surface area contributed by atoms with Crippen LogP contribution in [0, 0.1) is 5.41 Å². The van der Waals surface area contributed by atoms with Gasteiger partial charge in [-0.05, 0) is 31.0 Å². The first-order valence-corrected chi connectivity index (χ1v) is 5.93. The smallest absolute Gasteiger partial charge is 0.231 e. The summed E-state index contributed by atoms with van der Waals surface area (Å²) >= 11 is 0. The van der Waals surface area contributed by atoms with Crippen molar-refractivity contribution in [2.45, 2.75) is 26.2 Å². The summed E-state index contributed by atoms with van der Waals surface area (Å²) < 4.78 is 1.75. The summed E-state index contributed by atoms with van der Waals surface area (Å²) in [6.45, 7) is 2.02. The predicted octanol–water partition coefficient (Wildman–Crippen LogP) is 2.46. The number of fused-ring (bicyclic) bond motifs is 1. The van der Waals surface area contributed by atoms with E-state index in [4.69, 9.17) is 0 Å². The molecule has 0 unspecified atom stereocenters. The van der Waals surface area contributed by atoms with Gasteiger partial charge in [0, 0.05) is 5.41 Å². The Morgan fingerprint density at radius 1 is 1.41 bits per heavy atom. The molecule has 2 heterocycles. The third kappa shape index (κ3) is 1.60. The average molecular weight is 229 g/mol. The van der Waals surface area contributed by atoms with E-state index < -0.39 is 0 Å². The number of pyridine rings is 1. The van der Waals surface area contributed by atoms with Gasteiger partial charge in [0.05, 0.1) is 11.7 Å². The first-order valence-electron chi connectivity index (χ1n) is 5.93. The summed E-state index contributed by atoms with van der Waals surface area (Å²) in [6.07, 6.45) is 4.84. The highest BCUT2D eigenvalue weighted by Crippen LogP contribution is 2.41. The predicted molar refractivity (Wildman–Crippen MR) is 65.8 cm³/mol. The van der Waals surface area contributed by atoms with Gasteiger partial charge < -0.3 is 5.32 Å². The van der Waals surface area contributed by atoms with Gasteiger partial charge in [-0.15, -0.1) is 0 Å². The third-order valence-electron chi connectivity index (χ3n) is 3.67. The standard InChI is InChI=1S/C13H15N3O/c1-13(7-3-8-13)12(17)15-11-5-2-4-10-6-9-14-16(10)11/h2,4-6,9H,3,7-8H2,1H3,(H,15,17). The van der Waals surface area contributed by atoms with Gasteiger partial charge in [-0.1, -0.05) is 19.4 Å². The number of rotatable bonds is 2. The molecule has 0 aliphatic heterocycles. The zero-order chi connectivity index (χ0) is 11.9. The molecule has 1 saturated carbocycles. The van der Waals surface area contributed by atoms with Gasteiger partial charge >= 0.3 is 0 Å². The summed E-state index contributed by atoms with van der Waals surface area (Å²) in [4.78, 5) is 12.1. The second-order valence-corrected chi connectivity index (χ2v) is 4.95. The minimum Gasteiger partial charge on any atom is -0.310 e. The quantitative estimate of drug-likeness (QED) is 0.859. The van der Waals surface area contributed by atoms with Gasteiger partial charge in [0.25, 0.3) is 0 Å². The molecule has 1 amide bonds. The molecule has 1 aliphatic rings. The highest BCUT2D eigenvalue weighted by atomic mass is 16.2. The van der Waals surface area contributed by atoms with Gasteiger partial charge in [0.1, 0.15) is 5.82 Å². The fraction of sp³-hybridized carbons (Fsp3) is 0.385. The van der Waals surface area contributed by atoms with Gasteiger partial charge in [-0.2, -0.15) is 5.10 Å². The molecule has 4 nitrogen and oxygen atoms in total. The Hall–Kier alpha value is -1.84. The fourth-order valence-electron chi connectivity index (χ4n) is 2.25.